The van der Waals surface area contributed by atoms with Crippen LogP contribution in [-0.2, 0) is 17.8 Å². The molecule has 0 saturated carbocycles. The van der Waals surface area contributed by atoms with Crippen LogP contribution < -0.4 is 0 Å². The average Bonchev–Trinajstić information content (AvgIpc) is 3.08. The van der Waals surface area contributed by atoms with Gasteiger partial charge >= 0.3 is 0 Å². The Kier molecular flexibility index (Phi) is 6.32. The van der Waals surface area contributed by atoms with Crippen molar-refractivity contribution in [2.24, 2.45) is 0 Å². The maximum absolute atomic E-state index is 12.8. The van der Waals surface area contributed by atoms with Crippen LogP contribution in [0.5, 0.6) is 0 Å². The molecular formula is C23H26N4OS. The Morgan fingerprint density at radius 2 is 1.93 bits per heavy atom. The van der Waals surface area contributed by atoms with Crippen molar-refractivity contribution in [3.05, 3.63) is 71.0 Å². The first kappa shape index (κ1) is 19.7. The highest BCUT2D eigenvalue weighted by molar-refractivity contribution is 7.13. The quantitative estimate of drug-likeness (QED) is 0.647. The van der Waals surface area contributed by atoms with E-state index in [2.05, 4.69) is 40.0 Å². The topological polar surface area (TPSA) is 49.3 Å². The van der Waals surface area contributed by atoms with E-state index in [1.807, 2.05) is 40.7 Å². The molecule has 0 spiro atoms. The fourth-order valence-corrected chi connectivity index (χ4v) is 4.47. The van der Waals surface area contributed by atoms with E-state index in [0.717, 1.165) is 61.1 Å². The molecule has 2 aromatic heterocycles. The molecule has 1 aliphatic heterocycles. The molecule has 150 valence electrons. The Labute approximate surface area is 176 Å². The lowest BCUT2D eigenvalue weighted by Gasteiger charge is -2.22. The zero-order chi connectivity index (χ0) is 20.1. The summed E-state index contributed by atoms with van der Waals surface area (Å²) in [6.45, 7) is 6.41. The molecule has 5 nitrogen and oxygen atoms in total. The highest BCUT2D eigenvalue weighted by atomic mass is 32.1. The molecule has 3 heterocycles. The van der Waals surface area contributed by atoms with Gasteiger partial charge in [-0.3, -0.25) is 14.7 Å². The summed E-state index contributed by atoms with van der Waals surface area (Å²) in [6, 6.07) is 14.2. The van der Waals surface area contributed by atoms with E-state index in [1.54, 1.807) is 11.3 Å². The highest BCUT2D eigenvalue weighted by Gasteiger charge is 2.21. The molecule has 1 aliphatic rings. The van der Waals surface area contributed by atoms with Crippen molar-refractivity contribution in [3.8, 4) is 10.6 Å². The Balaban J connectivity index is 1.33. The number of pyridine rings is 1. The van der Waals surface area contributed by atoms with Gasteiger partial charge in [-0.15, -0.1) is 11.3 Å². The molecule has 0 radical (unpaired) electrons. The zero-order valence-corrected chi connectivity index (χ0v) is 17.6. The second-order valence-corrected chi connectivity index (χ2v) is 8.32. The van der Waals surface area contributed by atoms with Gasteiger partial charge in [-0.25, -0.2) is 4.98 Å². The van der Waals surface area contributed by atoms with Gasteiger partial charge in [0.1, 0.15) is 5.01 Å². The molecule has 1 aromatic carbocycles. The van der Waals surface area contributed by atoms with Crippen LogP contribution in [0.3, 0.4) is 0 Å². The minimum atomic E-state index is 0.172. The van der Waals surface area contributed by atoms with Crippen molar-refractivity contribution >= 4 is 17.2 Å². The number of aryl methyl sites for hydroxylation is 1. The normalized spacial score (nSPS) is 15.3. The molecule has 1 fully saturated rings. The Bertz CT molecular complexity index is 956. The lowest BCUT2D eigenvalue weighted by Crippen LogP contribution is -2.36. The van der Waals surface area contributed by atoms with Crippen LogP contribution in [0, 0.1) is 6.92 Å². The van der Waals surface area contributed by atoms with Crippen molar-refractivity contribution in [2.45, 2.75) is 26.3 Å². The smallest absolute Gasteiger partial charge is 0.228 e. The molecule has 3 aromatic rings. The van der Waals surface area contributed by atoms with E-state index in [9.17, 15) is 4.79 Å². The second kappa shape index (κ2) is 9.29. The standard InChI is InChI=1S/C23H26N4OS/c1-18-7-5-10-24-21(18)16-26-11-6-12-27(14-13-26)22(28)15-20-17-29-23(25-20)19-8-3-2-4-9-19/h2-5,7-10,17H,6,11-16H2,1H3. The van der Waals surface area contributed by atoms with E-state index < -0.39 is 0 Å². The van der Waals surface area contributed by atoms with Crippen molar-refractivity contribution < 1.29 is 4.79 Å². The van der Waals surface area contributed by atoms with E-state index in [-0.39, 0.29) is 5.91 Å². The first-order valence-electron chi connectivity index (χ1n) is 10.1. The summed E-state index contributed by atoms with van der Waals surface area (Å²) >= 11 is 1.60. The molecule has 1 saturated heterocycles. The minimum absolute atomic E-state index is 0.172. The van der Waals surface area contributed by atoms with Crippen molar-refractivity contribution in [3.63, 3.8) is 0 Å². The fourth-order valence-electron chi connectivity index (χ4n) is 3.64. The van der Waals surface area contributed by atoms with E-state index in [1.165, 1.54) is 5.56 Å². The van der Waals surface area contributed by atoms with E-state index in [0.29, 0.717) is 6.42 Å². The number of hydrogen-bond acceptors (Lipinski definition) is 5. The number of aromatic nitrogens is 2. The molecule has 29 heavy (non-hydrogen) atoms. The predicted molar refractivity (Wildman–Crippen MR) is 117 cm³/mol. The lowest BCUT2D eigenvalue weighted by molar-refractivity contribution is -0.130. The van der Waals surface area contributed by atoms with Crippen molar-refractivity contribution in [2.75, 3.05) is 26.2 Å². The summed E-state index contributed by atoms with van der Waals surface area (Å²) in [5.74, 6) is 0.172. The van der Waals surface area contributed by atoms with Crippen LogP contribution in [0.2, 0.25) is 0 Å². The van der Waals surface area contributed by atoms with Crippen molar-refractivity contribution in [1.82, 2.24) is 19.8 Å². The van der Waals surface area contributed by atoms with Gasteiger partial charge in [0.05, 0.1) is 17.8 Å². The van der Waals surface area contributed by atoms with Crippen LogP contribution in [0.4, 0.5) is 0 Å². The third-order valence-electron chi connectivity index (χ3n) is 5.34. The van der Waals surface area contributed by atoms with Gasteiger partial charge < -0.3 is 4.90 Å². The molecule has 0 unspecified atom stereocenters. The molecule has 0 aliphatic carbocycles. The molecule has 1 amide bonds. The van der Waals surface area contributed by atoms with Gasteiger partial charge in [0.25, 0.3) is 0 Å². The van der Waals surface area contributed by atoms with E-state index >= 15 is 0 Å². The third kappa shape index (κ3) is 5.08. The maximum atomic E-state index is 12.8. The summed E-state index contributed by atoms with van der Waals surface area (Å²) in [7, 11) is 0. The minimum Gasteiger partial charge on any atom is -0.341 e. The number of nitrogens with zero attached hydrogens (tertiary/aromatic N) is 4. The molecule has 0 N–H and O–H groups in total. The Hall–Kier alpha value is -2.57. The maximum Gasteiger partial charge on any atom is 0.228 e. The largest absolute Gasteiger partial charge is 0.341 e. The average molecular weight is 407 g/mol. The molecule has 0 bridgehead atoms. The number of rotatable bonds is 5. The van der Waals surface area contributed by atoms with Crippen LogP contribution in [0.15, 0.2) is 54.0 Å². The van der Waals surface area contributed by atoms with Gasteiger partial charge in [0.15, 0.2) is 0 Å². The number of carbonyl (C=O) groups is 1. The van der Waals surface area contributed by atoms with Gasteiger partial charge in [-0.05, 0) is 25.0 Å². The monoisotopic (exact) mass is 406 g/mol. The first-order valence-corrected chi connectivity index (χ1v) is 11.0. The number of hydrogen-bond donors (Lipinski definition) is 0. The van der Waals surface area contributed by atoms with Crippen LogP contribution in [-0.4, -0.2) is 51.9 Å². The summed E-state index contributed by atoms with van der Waals surface area (Å²) in [5.41, 5.74) is 4.32. The number of amides is 1. The summed E-state index contributed by atoms with van der Waals surface area (Å²) in [5, 5.41) is 2.98. The predicted octanol–water partition coefficient (Wildman–Crippen LogP) is 3.79. The van der Waals surface area contributed by atoms with E-state index in [4.69, 9.17) is 0 Å². The van der Waals surface area contributed by atoms with Crippen LogP contribution >= 0.6 is 11.3 Å². The lowest BCUT2D eigenvalue weighted by atomic mass is 10.2. The summed E-state index contributed by atoms with van der Waals surface area (Å²) in [4.78, 5) is 26.4. The number of thiazole rings is 1. The summed E-state index contributed by atoms with van der Waals surface area (Å²) in [6.07, 6.45) is 3.22. The first-order chi connectivity index (χ1) is 14.2. The SMILES string of the molecule is Cc1cccnc1CN1CCCN(C(=O)Cc2csc(-c3ccccc3)n2)CC1. The summed E-state index contributed by atoms with van der Waals surface area (Å²) < 4.78 is 0. The molecule has 6 heteroatoms. The fraction of sp³-hybridized carbons (Fsp3) is 0.348. The zero-order valence-electron chi connectivity index (χ0n) is 16.8. The van der Waals surface area contributed by atoms with Crippen LogP contribution in [0.25, 0.3) is 10.6 Å². The van der Waals surface area contributed by atoms with Gasteiger partial charge in [-0.1, -0.05) is 36.4 Å². The Morgan fingerprint density at radius 3 is 2.76 bits per heavy atom. The van der Waals surface area contributed by atoms with Crippen molar-refractivity contribution in [1.29, 1.82) is 0 Å². The third-order valence-corrected chi connectivity index (χ3v) is 6.28. The van der Waals surface area contributed by atoms with Gasteiger partial charge in [-0.2, -0.15) is 0 Å². The molecule has 4 rings (SSSR count). The van der Waals surface area contributed by atoms with Gasteiger partial charge in [0.2, 0.25) is 5.91 Å². The molecular weight excluding hydrogens is 380 g/mol. The number of benzene rings is 1. The molecule has 0 atom stereocenters. The second-order valence-electron chi connectivity index (χ2n) is 7.46. The highest BCUT2D eigenvalue weighted by Crippen LogP contribution is 2.23. The van der Waals surface area contributed by atoms with Gasteiger partial charge in [0, 0.05) is 49.9 Å². The Morgan fingerprint density at radius 1 is 1.07 bits per heavy atom. The van der Waals surface area contributed by atoms with Crippen LogP contribution in [0.1, 0.15) is 23.4 Å². The number of carbonyl (C=O) groups excluding carboxylic acids is 1.